The average molecular weight is 291 g/mol. The first kappa shape index (κ1) is 13.7. The predicted octanol–water partition coefficient (Wildman–Crippen LogP) is 1.98. The molecule has 0 atom stereocenters. The molecule has 1 heterocycles. The van der Waals surface area contributed by atoms with Crippen LogP contribution in [0.5, 0.6) is 0 Å². The molecule has 0 bridgehead atoms. The molecule has 1 N–H and O–H groups in total. The molecule has 0 saturated carbocycles. The third-order valence-corrected chi connectivity index (χ3v) is 3.55. The lowest BCUT2D eigenvalue weighted by Gasteiger charge is -1.93. The largest absolute Gasteiger partial charge is 0.463 e. The number of rotatable bonds is 3. The van der Waals surface area contributed by atoms with Crippen LogP contribution in [0.15, 0.2) is 30.3 Å². The topological polar surface area (TPSA) is 42.1 Å². The van der Waals surface area contributed by atoms with E-state index >= 15 is 0 Å². The fraction of sp³-hybridized carbons (Fsp3) is 0.143. The van der Waals surface area contributed by atoms with Gasteiger partial charge in [0.1, 0.15) is 0 Å². The van der Waals surface area contributed by atoms with Gasteiger partial charge in [-0.15, -0.1) is 11.3 Å². The fourth-order valence-corrected chi connectivity index (χ4v) is 2.72. The molecular weight excluding hydrogens is 278 g/mol. The lowest BCUT2D eigenvalue weighted by atomic mass is 10.2. The summed E-state index contributed by atoms with van der Waals surface area (Å²) in [5.74, 6) is -0.366. The van der Waals surface area contributed by atoms with Gasteiger partial charge in [0.05, 0.1) is 16.5 Å². The number of carbonyl (C=O) groups is 1. The number of esters is 1. The molecule has 0 spiro atoms. The predicted molar refractivity (Wildman–Crippen MR) is 79.9 cm³/mol. The molecule has 19 heavy (non-hydrogen) atoms. The Kier molecular flexibility index (Phi) is 4.65. The van der Waals surface area contributed by atoms with Crippen molar-refractivity contribution in [3.8, 4) is 0 Å². The number of H-pyrrole nitrogens is 1. The third-order valence-electron chi connectivity index (χ3n) is 2.35. The lowest BCUT2D eigenvalue weighted by Crippen LogP contribution is -2.23. The minimum atomic E-state index is -0.366. The Labute approximate surface area is 119 Å². The molecule has 0 aliphatic rings. The monoisotopic (exact) mass is 291 g/mol. The second-order valence-electron chi connectivity index (χ2n) is 3.74. The van der Waals surface area contributed by atoms with E-state index in [-0.39, 0.29) is 5.97 Å². The fourth-order valence-electron chi connectivity index (χ4n) is 1.57. The first-order valence-electron chi connectivity index (χ1n) is 5.83. The van der Waals surface area contributed by atoms with Gasteiger partial charge in [-0.3, -0.25) is 0 Å². The number of aromatic nitrogens is 1. The Hall–Kier alpha value is -1.72. The number of thiazole rings is 1. The van der Waals surface area contributed by atoms with Crippen LogP contribution in [0.2, 0.25) is 0 Å². The van der Waals surface area contributed by atoms with Gasteiger partial charge in [-0.05, 0) is 30.8 Å². The maximum Gasteiger partial charge on any atom is 0.332 e. The van der Waals surface area contributed by atoms with Crippen LogP contribution in [0.4, 0.5) is 0 Å². The number of aromatic amines is 1. The first-order valence-corrected chi connectivity index (χ1v) is 7.06. The van der Waals surface area contributed by atoms with Crippen LogP contribution in [0.1, 0.15) is 12.5 Å². The zero-order valence-electron chi connectivity index (χ0n) is 10.4. The van der Waals surface area contributed by atoms with E-state index in [2.05, 4.69) is 4.98 Å². The van der Waals surface area contributed by atoms with Gasteiger partial charge in [-0.1, -0.05) is 30.3 Å². The SMILES string of the molecule is CCOC(=O)/C=c1\[nH]c(=S)s\c1=C/c1ccccc1. The standard InChI is InChI=1S/C14H13NO2S2/c1-2-17-13(16)9-11-12(19-14(18)15-11)8-10-6-4-3-5-7-10/h3-9H,2H2,1H3,(H,15,18)/b11-9-,12-8-. The summed E-state index contributed by atoms with van der Waals surface area (Å²) in [6.07, 6.45) is 3.42. The average Bonchev–Trinajstić information content (AvgIpc) is 2.71. The second-order valence-corrected chi connectivity index (χ2v) is 5.46. The van der Waals surface area contributed by atoms with Crippen LogP contribution in [0.3, 0.4) is 0 Å². The molecule has 0 unspecified atom stereocenters. The quantitative estimate of drug-likeness (QED) is 0.694. The maximum atomic E-state index is 11.5. The van der Waals surface area contributed by atoms with Crippen molar-refractivity contribution >= 4 is 41.7 Å². The van der Waals surface area contributed by atoms with E-state index in [1.54, 1.807) is 6.92 Å². The summed E-state index contributed by atoms with van der Waals surface area (Å²) in [5, 5.41) is 0.692. The Bertz CT molecular complexity index is 729. The van der Waals surface area contributed by atoms with Gasteiger partial charge in [0.25, 0.3) is 0 Å². The van der Waals surface area contributed by atoms with Crippen LogP contribution >= 0.6 is 23.6 Å². The summed E-state index contributed by atoms with van der Waals surface area (Å²) in [4.78, 5) is 14.5. The summed E-state index contributed by atoms with van der Waals surface area (Å²) in [6.45, 7) is 2.14. The zero-order chi connectivity index (χ0) is 13.7. The molecule has 1 aromatic heterocycles. The molecule has 0 fully saturated rings. The number of hydrogen-bond acceptors (Lipinski definition) is 4. The highest BCUT2D eigenvalue weighted by atomic mass is 32.1. The molecule has 0 aliphatic heterocycles. The van der Waals surface area contributed by atoms with Crippen LogP contribution < -0.4 is 9.88 Å². The third kappa shape index (κ3) is 3.87. The van der Waals surface area contributed by atoms with Gasteiger partial charge in [0, 0.05) is 6.08 Å². The van der Waals surface area contributed by atoms with E-state index in [1.165, 1.54) is 17.4 Å². The van der Waals surface area contributed by atoms with E-state index in [9.17, 15) is 4.79 Å². The highest BCUT2D eigenvalue weighted by Gasteiger charge is 1.98. The molecule has 98 valence electrons. The molecule has 5 heteroatoms. The minimum absolute atomic E-state index is 0.359. The van der Waals surface area contributed by atoms with Gasteiger partial charge < -0.3 is 9.72 Å². The van der Waals surface area contributed by atoms with Crippen molar-refractivity contribution in [3.63, 3.8) is 0 Å². The van der Waals surface area contributed by atoms with Crippen molar-refractivity contribution in [1.29, 1.82) is 0 Å². The van der Waals surface area contributed by atoms with E-state index in [0.29, 0.717) is 15.9 Å². The molecule has 2 aromatic rings. The van der Waals surface area contributed by atoms with E-state index in [0.717, 1.165) is 10.1 Å². The highest BCUT2D eigenvalue weighted by molar-refractivity contribution is 7.73. The van der Waals surface area contributed by atoms with Crippen LogP contribution in [-0.4, -0.2) is 17.6 Å². The molecule has 2 rings (SSSR count). The summed E-state index contributed by atoms with van der Waals surface area (Å²) < 4.78 is 6.46. The van der Waals surface area contributed by atoms with Crippen molar-refractivity contribution in [3.05, 3.63) is 49.7 Å². The molecule has 0 saturated heterocycles. The van der Waals surface area contributed by atoms with E-state index < -0.39 is 0 Å². The van der Waals surface area contributed by atoms with Gasteiger partial charge in [-0.25, -0.2) is 4.79 Å². The maximum absolute atomic E-state index is 11.5. The van der Waals surface area contributed by atoms with Gasteiger partial charge >= 0.3 is 5.97 Å². The van der Waals surface area contributed by atoms with E-state index in [4.69, 9.17) is 17.0 Å². The second kappa shape index (κ2) is 6.45. The van der Waals surface area contributed by atoms with Crippen molar-refractivity contribution < 1.29 is 9.53 Å². The molecule has 0 radical (unpaired) electrons. The minimum Gasteiger partial charge on any atom is -0.463 e. The number of nitrogens with one attached hydrogen (secondary N) is 1. The number of ether oxygens (including phenoxy) is 1. The molecule has 0 aliphatic carbocycles. The zero-order valence-corrected chi connectivity index (χ0v) is 12.0. The van der Waals surface area contributed by atoms with Crippen LogP contribution in [0.25, 0.3) is 12.2 Å². The van der Waals surface area contributed by atoms with Crippen molar-refractivity contribution in [1.82, 2.24) is 4.98 Å². The Morgan fingerprint density at radius 3 is 2.84 bits per heavy atom. The number of hydrogen-bond donors (Lipinski definition) is 1. The molecule has 1 aromatic carbocycles. The molecule has 3 nitrogen and oxygen atoms in total. The van der Waals surface area contributed by atoms with Gasteiger partial charge in [-0.2, -0.15) is 0 Å². The van der Waals surface area contributed by atoms with Crippen LogP contribution in [0, 0.1) is 3.95 Å². The van der Waals surface area contributed by atoms with Gasteiger partial charge in [0.15, 0.2) is 3.95 Å². The first-order chi connectivity index (χ1) is 9.19. The Morgan fingerprint density at radius 1 is 1.42 bits per heavy atom. The number of carbonyl (C=O) groups excluding carboxylic acids is 1. The van der Waals surface area contributed by atoms with Crippen LogP contribution in [-0.2, 0) is 9.53 Å². The smallest absolute Gasteiger partial charge is 0.332 e. The van der Waals surface area contributed by atoms with E-state index in [1.807, 2.05) is 36.4 Å². The highest BCUT2D eigenvalue weighted by Crippen LogP contribution is 1.99. The summed E-state index contributed by atoms with van der Waals surface area (Å²) in [5.41, 5.74) is 1.06. The Balaban J connectivity index is 2.51. The molecule has 0 amide bonds. The summed E-state index contributed by atoms with van der Waals surface area (Å²) in [6, 6.07) is 9.88. The summed E-state index contributed by atoms with van der Waals surface area (Å²) >= 11 is 6.56. The summed E-state index contributed by atoms with van der Waals surface area (Å²) in [7, 11) is 0. The lowest BCUT2D eigenvalue weighted by molar-refractivity contribution is -0.135. The molecular formula is C14H13NO2S2. The normalized spacial score (nSPS) is 12.7. The van der Waals surface area contributed by atoms with Gasteiger partial charge in [0.2, 0.25) is 0 Å². The number of benzene rings is 1. The van der Waals surface area contributed by atoms with Crippen molar-refractivity contribution in [2.75, 3.05) is 6.61 Å². The Morgan fingerprint density at radius 2 is 2.16 bits per heavy atom. The van der Waals surface area contributed by atoms with Crippen molar-refractivity contribution in [2.24, 2.45) is 0 Å². The van der Waals surface area contributed by atoms with Crippen molar-refractivity contribution in [2.45, 2.75) is 6.92 Å².